The summed E-state index contributed by atoms with van der Waals surface area (Å²) in [6, 6.07) is 16.5. The van der Waals surface area contributed by atoms with Crippen LogP contribution in [0.15, 0.2) is 77.7 Å². The lowest BCUT2D eigenvalue weighted by molar-refractivity contribution is -0.137. The van der Waals surface area contributed by atoms with Crippen molar-refractivity contribution in [2.75, 3.05) is 12.4 Å². The highest BCUT2D eigenvalue weighted by Crippen LogP contribution is 2.31. The number of halogens is 3. The molecule has 0 saturated heterocycles. The van der Waals surface area contributed by atoms with Gasteiger partial charge in [-0.3, -0.25) is 9.36 Å². The van der Waals surface area contributed by atoms with Crippen molar-refractivity contribution in [2.45, 2.75) is 6.18 Å². The van der Waals surface area contributed by atoms with Crippen LogP contribution >= 0.6 is 0 Å². The SMILES string of the molecule is COc1ccc(Nc2cc(=O)n(-c3cccc(C(F)(F)F)c3)c3ncccc23)cc1. The Labute approximate surface area is 169 Å². The number of ether oxygens (including phenoxy) is 1. The lowest BCUT2D eigenvalue weighted by Crippen LogP contribution is -2.20. The van der Waals surface area contributed by atoms with Crippen LogP contribution in [0.2, 0.25) is 0 Å². The van der Waals surface area contributed by atoms with Crippen LogP contribution in [0.25, 0.3) is 16.7 Å². The van der Waals surface area contributed by atoms with E-state index in [1.165, 1.54) is 29.0 Å². The fourth-order valence-corrected chi connectivity index (χ4v) is 3.16. The monoisotopic (exact) mass is 411 g/mol. The lowest BCUT2D eigenvalue weighted by Gasteiger charge is -2.15. The highest BCUT2D eigenvalue weighted by atomic mass is 19.4. The number of aromatic nitrogens is 2. The number of anilines is 2. The minimum Gasteiger partial charge on any atom is -0.497 e. The van der Waals surface area contributed by atoms with E-state index >= 15 is 0 Å². The van der Waals surface area contributed by atoms with Crippen LogP contribution in [0.5, 0.6) is 5.75 Å². The summed E-state index contributed by atoms with van der Waals surface area (Å²) in [6.45, 7) is 0. The number of fused-ring (bicyclic) bond motifs is 1. The number of alkyl halides is 3. The van der Waals surface area contributed by atoms with Gasteiger partial charge >= 0.3 is 6.18 Å². The van der Waals surface area contributed by atoms with Crippen LogP contribution in [-0.4, -0.2) is 16.7 Å². The largest absolute Gasteiger partial charge is 0.497 e. The summed E-state index contributed by atoms with van der Waals surface area (Å²) in [5.74, 6) is 0.687. The Hall–Kier alpha value is -3.81. The summed E-state index contributed by atoms with van der Waals surface area (Å²) in [7, 11) is 1.56. The van der Waals surface area contributed by atoms with Gasteiger partial charge in [-0.1, -0.05) is 6.07 Å². The van der Waals surface area contributed by atoms with Gasteiger partial charge in [0, 0.05) is 23.3 Å². The second-order valence-electron chi connectivity index (χ2n) is 6.51. The Morgan fingerprint density at radius 2 is 1.77 bits per heavy atom. The normalized spacial score (nSPS) is 11.5. The van der Waals surface area contributed by atoms with Crippen molar-refractivity contribution in [3.63, 3.8) is 0 Å². The second kappa shape index (κ2) is 7.55. The smallest absolute Gasteiger partial charge is 0.416 e. The van der Waals surface area contributed by atoms with E-state index in [9.17, 15) is 18.0 Å². The van der Waals surface area contributed by atoms with Gasteiger partial charge in [0.15, 0.2) is 0 Å². The zero-order valence-corrected chi connectivity index (χ0v) is 15.8. The van der Waals surface area contributed by atoms with Gasteiger partial charge in [-0.25, -0.2) is 4.98 Å². The maximum absolute atomic E-state index is 13.1. The van der Waals surface area contributed by atoms with Crippen molar-refractivity contribution in [1.82, 2.24) is 9.55 Å². The second-order valence-corrected chi connectivity index (χ2v) is 6.51. The molecule has 0 amide bonds. The molecule has 0 aliphatic rings. The van der Waals surface area contributed by atoms with E-state index in [1.54, 1.807) is 43.5 Å². The maximum Gasteiger partial charge on any atom is 0.416 e. The number of hydrogen-bond donors (Lipinski definition) is 1. The molecule has 0 radical (unpaired) electrons. The number of methoxy groups -OCH3 is 1. The van der Waals surface area contributed by atoms with Crippen LogP contribution in [0, 0.1) is 0 Å². The molecule has 4 rings (SSSR count). The highest BCUT2D eigenvalue weighted by molar-refractivity contribution is 5.91. The molecule has 8 heteroatoms. The molecule has 0 bridgehead atoms. The topological polar surface area (TPSA) is 56.1 Å². The standard InChI is InChI=1S/C22H16F3N3O2/c1-30-17-9-7-15(8-10-17)27-19-13-20(29)28(21-18(19)6-3-11-26-21)16-5-2-4-14(12-16)22(23,24)25/h2-13,27H,1H3. The Bertz CT molecular complexity index is 1270. The number of nitrogens with zero attached hydrogens (tertiary/aromatic N) is 2. The Kier molecular flexibility index (Phi) is 4.91. The average molecular weight is 411 g/mol. The van der Waals surface area contributed by atoms with Gasteiger partial charge in [0.2, 0.25) is 0 Å². The van der Waals surface area contributed by atoms with Crippen LogP contribution in [0.1, 0.15) is 5.56 Å². The summed E-state index contributed by atoms with van der Waals surface area (Å²) in [5, 5.41) is 3.75. The van der Waals surface area contributed by atoms with Gasteiger partial charge in [-0.05, 0) is 54.6 Å². The third-order valence-electron chi connectivity index (χ3n) is 4.58. The van der Waals surface area contributed by atoms with Gasteiger partial charge in [-0.15, -0.1) is 0 Å². The number of nitrogens with one attached hydrogen (secondary N) is 1. The van der Waals surface area contributed by atoms with E-state index in [2.05, 4.69) is 10.3 Å². The molecule has 0 atom stereocenters. The van der Waals surface area contributed by atoms with Gasteiger partial charge in [0.05, 0.1) is 24.0 Å². The van der Waals surface area contributed by atoms with E-state index in [1.807, 2.05) is 0 Å². The third kappa shape index (κ3) is 3.71. The van der Waals surface area contributed by atoms with Crippen molar-refractivity contribution in [3.05, 3.63) is 88.8 Å². The molecule has 2 aromatic carbocycles. The predicted molar refractivity (Wildman–Crippen MR) is 109 cm³/mol. The van der Waals surface area contributed by atoms with E-state index in [0.717, 1.165) is 17.8 Å². The predicted octanol–water partition coefficient (Wildman–Crippen LogP) is 5.16. The van der Waals surface area contributed by atoms with Gasteiger partial charge < -0.3 is 10.1 Å². The van der Waals surface area contributed by atoms with Crippen molar-refractivity contribution in [3.8, 4) is 11.4 Å². The fourth-order valence-electron chi connectivity index (χ4n) is 3.16. The zero-order valence-electron chi connectivity index (χ0n) is 15.8. The molecule has 5 nitrogen and oxygen atoms in total. The Morgan fingerprint density at radius 3 is 2.47 bits per heavy atom. The summed E-state index contributed by atoms with van der Waals surface area (Å²) in [5.41, 5.74) is 0.219. The molecular weight excluding hydrogens is 395 g/mol. The average Bonchev–Trinajstić information content (AvgIpc) is 2.74. The first-order valence-electron chi connectivity index (χ1n) is 8.96. The maximum atomic E-state index is 13.1. The summed E-state index contributed by atoms with van der Waals surface area (Å²) >= 11 is 0. The van der Waals surface area contributed by atoms with Crippen molar-refractivity contribution >= 4 is 22.4 Å². The molecular formula is C22H16F3N3O2. The van der Waals surface area contributed by atoms with Crippen LogP contribution in [0.4, 0.5) is 24.5 Å². The summed E-state index contributed by atoms with van der Waals surface area (Å²) in [6.07, 6.45) is -3.03. The Balaban J connectivity index is 1.85. The van der Waals surface area contributed by atoms with E-state index in [0.29, 0.717) is 16.8 Å². The highest BCUT2D eigenvalue weighted by Gasteiger charge is 2.30. The molecule has 0 aliphatic carbocycles. The van der Waals surface area contributed by atoms with Gasteiger partial charge in [-0.2, -0.15) is 13.2 Å². The van der Waals surface area contributed by atoms with E-state index < -0.39 is 17.3 Å². The van der Waals surface area contributed by atoms with Crippen molar-refractivity contribution in [2.24, 2.45) is 0 Å². The van der Waals surface area contributed by atoms with Crippen LogP contribution in [-0.2, 0) is 6.18 Å². The zero-order chi connectivity index (χ0) is 21.3. The fraction of sp³-hybridized carbons (Fsp3) is 0.0909. The molecule has 2 heterocycles. The molecule has 4 aromatic rings. The molecule has 0 aliphatic heterocycles. The van der Waals surface area contributed by atoms with Crippen molar-refractivity contribution in [1.29, 1.82) is 0 Å². The van der Waals surface area contributed by atoms with Gasteiger partial charge in [0.1, 0.15) is 11.4 Å². The number of rotatable bonds is 4. The summed E-state index contributed by atoms with van der Waals surface area (Å²) in [4.78, 5) is 17.1. The minimum absolute atomic E-state index is 0.0922. The molecule has 0 spiro atoms. The number of pyridine rings is 2. The molecule has 0 unspecified atom stereocenters. The molecule has 0 fully saturated rings. The lowest BCUT2D eigenvalue weighted by atomic mass is 10.1. The van der Waals surface area contributed by atoms with Crippen LogP contribution < -0.4 is 15.6 Å². The molecule has 0 saturated carbocycles. The van der Waals surface area contributed by atoms with E-state index in [-0.39, 0.29) is 11.3 Å². The first kappa shape index (κ1) is 19.5. The first-order valence-corrected chi connectivity index (χ1v) is 8.96. The molecule has 1 N–H and O–H groups in total. The first-order chi connectivity index (χ1) is 14.4. The van der Waals surface area contributed by atoms with Gasteiger partial charge in [0.25, 0.3) is 5.56 Å². The Morgan fingerprint density at radius 1 is 1.00 bits per heavy atom. The molecule has 30 heavy (non-hydrogen) atoms. The third-order valence-corrected chi connectivity index (χ3v) is 4.58. The molecule has 2 aromatic heterocycles. The quantitative estimate of drug-likeness (QED) is 0.504. The number of hydrogen-bond acceptors (Lipinski definition) is 4. The molecule has 152 valence electrons. The summed E-state index contributed by atoms with van der Waals surface area (Å²) < 4.78 is 45.7. The number of benzene rings is 2. The van der Waals surface area contributed by atoms with E-state index in [4.69, 9.17) is 4.74 Å². The minimum atomic E-state index is -4.52. The van der Waals surface area contributed by atoms with Crippen LogP contribution in [0.3, 0.4) is 0 Å². The van der Waals surface area contributed by atoms with Crippen molar-refractivity contribution < 1.29 is 17.9 Å².